The molecule has 0 aliphatic carbocycles. The molecular formula is C38H37FN4O5. The van der Waals surface area contributed by atoms with Gasteiger partial charge >= 0.3 is 6.09 Å². The molecule has 2 N–H and O–H groups in total. The molecule has 0 radical (unpaired) electrons. The number of aromatic nitrogens is 2. The monoisotopic (exact) mass is 648 g/mol. The predicted octanol–water partition coefficient (Wildman–Crippen LogP) is 6.21. The summed E-state index contributed by atoms with van der Waals surface area (Å²) in [5.41, 5.74) is 4.42. The first-order chi connectivity index (χ1) is 23.5. The predicted molar refractivity (Wildman–Crippen MR) is 178 cm³/mol. The minimum Gasteiger partial charge on any atom is -0.453 e. The smallest absolute Gasteiger partial charge is 0.407 e. The van der Waals surface area contributed by atoms with E-state index in [1.54, 1.807) is 12.1 Å². The number of rotatable bonds is 12. The molecule has 1 fully saturated rings. The Labute approximate surface area is 278 Å². The molecule has 246 valence electrons. The summed E-state index contributed by atoms with van der Waals surface area (Å²) in [6.07, 6.45) is 0.854. The second-order valence-electron chi connectivity index (χ2n) is 11.7. The van der Waals surface area contributed by atoms with Gasteiger partial charge in [-0.2, -0.15) is 0 Å². The number of halogens is 1. The lowest BCUT2D eigenvalue weighted by molar-refractivity contribution is -0.120. The summed E-state index contributed by atoms with van der Waals surface area (Å²) >= 11 is 0. The maximum atomic E-state index is 14.1. The van der Waals surface area contributed by atoms with Crippen LogP contribution in [0.25, 0.3) is 11.5 Å². The van der Waals surface area contributed by atoms with Gasteiger partial charge in [-0.15, -0.1) is 10.2 Å². The third-order valence-corrected chi connectivity index (χ3v) is 8.60. The van der Waals surface area contributed by atoms with Crippen molar-refractivity contribution in [1.82, 2.24) is 20.8 Å². The lowest BCUT2D eigenvalue weighted by Gasteiger charge is -2.29. The first-order valence-corrected chi connectivity index (χ1v) is 16.0. The number of aryl methyl sites for hydroxylation is 1. The molecule has 1 saturated heterocycles. The van der Waals surface area contributed by atoms with E-state index in [2.05, 4.69) is 20.8 Å². The van der Waals surface area contributed by atoms with Crippen LogP contribution in [0.3, 0.4) is 0 Å². The van der Waals surface area contributed by atoms with E-state index in [1.165, 1.54) is 19.2 Å². The minimum absolute atomic E-state index is 0.0567. The number of alkyl carbamates (subject to hydrolysis) is 1. The fourth-order valence-corrected chi connectivity index (χ4v) is 6.07. The molecule has 0 spiro atoms. The summed E-state index contributed by atoms with van der Waals surface area (Å²) in [7, 11) is 1.30. The molecular weight excluding hydrogens is 611 g/mol. The normalized spacial score (nSPS) is 16.7. The van der Waals surface area contributed by atoms with Crippen molar-refractivity contribution in [3.8, 4) is 11.5 Å². The number of nitrogens with zero attached hydrogens (tertiary/aromatic N) is 2. The summed E-state index contributed by atoms with van der Waals surface area (Å²) in [5.74, 6) is -0.130. The molecule has 9 nitrogen and oxygen atoms in total. The van der Waals surface area contributed by atoms with Crippen LogP contribution in [0.2, 0.25) is 0 Å². The van der Waals surface area contributed by atoms with Crippen LogP contribution in [0.15, 0.2) is 114 Å². The van der Waals surface area contributed by atoms with Crippen LogP contribution < -0.4 is 10.6 Å². The Kier molecular flexibility index (Phi) is 10.6. The molecule has 0 bridgehead atoms. The maximum Gasteiger partial charge on any atom is 0.407 e. The molecule has 6 rings (SSSR count). The first kappa shape index (κ1) is 32.7. The number of ether oxygens (including phenoxy) is 2. The van der Waals surface area contributed by atoms with Gasteiger partial charge in [-0.05, 0) is 59.4 Å². The molecule has 1 aliphatic rings. The number of hydrogen-bond donors (Lipinski definition) is 2. The van der Waals surface area contributed by atoms with Gasteiger partial charge in [0.1, 0.15) is 17.9 Å². The van der Waals surface area contributed by atoms with Crippen LogP contribution in [0.1, 0.15) is 46.5 Å². The Morgan fingerprint density at radius 2 is 1.54 bits per heavy atom. The number of methoxy groups -OCH3 is 1. The Morgan fingerprint density at radius 3 is 2.17 bits per heavy atom. The van der Waals surface area contributed by atoms with Crippen molar-refractivity contribution in [2.75, 3.05) is 20.3 Å². The third kappa shape index (κ3) is 8.02. The van der Waals surface area contributed by atoms with E-state index in [-0.39, 0.29) is 30.2 Å². The second kappa shape index (κ2) is 15.6. The minimum atomic E-state index is -0.855. The molecule has 10 heteroatoms. The van der Waals surface area contributed by atoms with Crippen molar-refractivity contribution in [3.05, 3.63) is 143 Å². The summed E-state index contributed by atoms with van der Waals surface area (Å²) in [4.78, 5) is 26.7. The Balaban J connectivity index is 1.11. The van der Waals surface area contributed by atoms with Gasteiger partial charge in [-0.1, -0.05) is 84.9 Å². The number of Topliss-reactive ketones (excluding diaryl/α,β-unsaturated/α-hetero) is 1. The van der Waals surface area contributed by atoms with E-state index >= 15 is 0 Å². The van der Waals surface area contributed by atoms with Crippen molar-refractivity contribution in [2.24, 2.45) is 0 Å². The SMILES string of the molecule is COC(=O)N[C@H](C(=O)Cc1ccccc1CC[C@@H]1CN[C@H](c2nnc(-c3ccc(F)cc3)o2)CO1)C(c1ccccc1)c1ccccc1. The molecule has 3 atom stereocenters. The molecule has 1 amide bonds. The Morgan fingerprint density at radius 1 is 0.896 bits per heavy atom. The zero-order chi connectivity index (χ0) is 33.3. The van der Waals surface area contributed by atoms with Crippen molar-refractivity contribution in [1.29, 1.82) is 0 Å². The van der Waals surface area contributed by atoms with Crippen molar-refractivity contribution >= 4 is 11.9 Å². The van der Waals surface area contributed by atoms with Gasteiger partial charge in [0, 0.05) is 24.4 Å². The van der Waals surface area contributed by atoms with Crippen molar-refractivity contribution in [2.45, 2.75) is 43.4 Å². The van der Waals surface area contributed by atoms with Crippen molar-refractivity contribution < 1.29 is 27.9 Å². The average Bonchev–Trinajstić information content (AvgIpc) is 3.63. The Hall–Kier alpha value is -5.19. The number of hydrogen-bond acceptors (Lipinski definition) is 8. The van der Waals surface area contributed by atoms with E-state index < -0.39 is 18.1 Å². The average molecular weight is 649 g/mol. The number of morpholine rings is 1. The second-order valence-corrected chi connectivity index (χ2v) is 11.7. The van der Waals surface area contributed by atoms with Crippen LogP contribution >= 0.6 is 0 Å². The van der Waals surface area contributed by atoms with E-state index in [0.29, 0.717) is 36.9 Å². The molecule has 2 heterocycles. The van der Waals surface area contributed by atoms with E-state index in [9.17, 15) is 14.0 Å². The van der Waals surface area contributed by atoms with E-state index in [4.69, 9.17) is 13.9 Å². The molecule has 4 aromatic carbocycles. The molecule has 0 saturated carbocycles. The zero-order valence-electron chi connectivity index (χ0n) is 26.6. The number of ketones is 1. The lowest BCUT2D eigenvalue weighted by Crippen LogP contribution is -2.46. The van der Waals surface area contributed by atoms with Crippen molar-refractivity contribution in [3.63, 3.8) is 0 Å². The molecule has 48 heavy (non-hydrogen) atoms. The lowest BCUT2D eigenvalue weighted by atomic mass is 9.81. The summed E-state index contributed by atoms with van der Waals surface area (Å²) in [6.45, 7) is 0.943. The van der Waals surface area contributed by atoms with Crippen LogP contribution in [0.5, 0.6) is 0 Å². The largest absolute Gasteiger partial charge is 0.453 e. The van der Waals surface area contributed by atoms with Gasteiger partial charge in [0.05, 0.1) is 19.8 Å². The molecule has 1 aromatic heterocycles. The fourth-order valence-electron chi connectivity index (χ4n) is 6.07. The van der Waals surface area contributed by atoms with Gasteiger partial charge < -0.3 is 24.5 Å². The highest BCUT2D eigenvalue weighted by atomic mass is 19.1. The van der Waals surface area contributed by atoms with Crippen LogP contribution in [-0.2, 0) is 27.1 Å². The highest BCUT2D eigenvalue weighted by Crippen LogP contribution is 2.30. The standard InChI is InChI=1S/C38H37FN4O5/c1-46-38(45)41-35(34(26-11-4-2-5-12-26)27-13-6-3-7-14-27)33(44)22-29-15-9-8-10-25(29)18-21-31-23-40-32(24-47-31)37-43-42-36(48-37)28-16-19-30(39)20-17-28/h2-17,19-20,31-32,34-35,40H,18,21-24H2,1H3,(H,41,45)/t31-,32+,35-/m1/s1. The Bertz CT molecular complexity index is 1750. The number of benzene rings is 4. The number of nitrogens with one attached hydrogen (secondary N) is 2. The van der Waals surface area contributed by atoms with Gasteiger partial charge in [0.15, 0.2) is 5.78 Å². The topological polar surface area (TPSA) is 116 Å². The number of carbonyl (C=O) groups excluding carboxylic acids is 2. The molecule has 1 aliphatic heterocycles. The summed E-state index contributed by atoms with van der Waals surface area (Å²) < 4.78 is 30.2. The first-order valence-electron chi connectivity index (χ1n) is 16.0. The molecule has 0 unspecified atom stereocenters. The highest BCUT2D eigenvalue weighted by molar-refractivity contribution is 5.91. The number of carbonyl (C=O) groups is 2. The van der Waals surface area contributed by atoms with Crippen LogP contribution in [0.4, 0.5) is 9.18 Å². The molecule has 5 aromatic rings. The van der Waals surface area contributed by atoms with Gasteiger partial charge in [0.25, 0.3) is 0 Å². The fraction of sp³-hybridized carbons (Fsp3) is 0.263. The highest BCUT2D eigenvalue weighted by Gasteiger charge is 2.33. The van der Waals surface area contributed by atoms with Crippen LogP contribution in [-0.4, -0.2) is 54.5 Å². The van der Waals surface area contributed by atoms with Crippen LogP contribution in [0, 0.1) is 5.82 Å². The van der Waals surface area contributed by atoms with E-state index in [1.807, 2.05) is 84.9 Å². The quantitative estimate of drug-likeness (QED) is 0.164. The van der Waals surface area contributed by atoms with Gasteiger partial charge in [-0.25, -0.2) is 9.18 Å². The summed E-state index contributed by atoms with van der Waals surface area (Å²) in [5, 5.41) is 14.6. The van der Waals surface area contributed by atoms with Gasteiger partial charge in [0.2, 0.25) is 11.8 Å². The number of amides is 1. The van der Waals surface area contributed by atoms with E-state index in [0.717, 1.165) is 28.7 Å². The summed E-state index contributed by atoms with van der Waals surface area (Å²) in [6, 6.07) is 32.1. The van der Waals surface area contributed by atoms with Gasteiger partial charge in [-0.3, -0.25) is 4.79 Å². The third-order valence-electron chi connectivity index (χ3n) is 8.60. The maximum absolute atomic E-state index is 14.1. The zero-order valence-corrected chi connectivity index (χ0v) is 26.6.